The largest absolute Gasteiger partial charge is 0.370 e. The number of alkyl halides is 1. The van der Waals surface area contributed by atoms with Crippen LogP contribution in [0.1, 0.15) is 28.9 Å². The number of fused-ring (bicyclic) bond motifs is 1. The van der Waals surface area contributed by atoms with Crippen LogP contribution in [-0.4, -0.2) is 39.3 Å². The van der Waals surface area contributed by atoms with Crippen molar-refractivity contribution in [2.75, 3.05) is 6.61 Å². The van der Waals surface area contributed by atoms with Crippen molar-refractivity contribution in [2.45, 2.75) is 44.4 Å². The Balaban J connectivity index is 1.52. The Labute approximate surface area is 149 Å². The van der Waals surface area contributed by atoms with Crippen LogP contribution in [0.4, 0.5) is 13.2 Å². The maximum atomic E-state index is 15.1. The molecule has 0 amide bonds. The first-order valence-corrected chi connectivity index (χ1v) is 8.58. The number of imidazole rings is 1. The number of benzene rings is 1. The Morgan fingerprint density at radius 1 is 1.27 bits per heavy atom. The molecule has 3 heterocycles. The van der Waals surface area contributed by atoms with Gasteiger partial charge in [-0.05, 0) is 25.1 Å². The lowest BCUT2D eigenvalue weighted by Gasteiger charge is -2.41. The first kappa shape index (κ1) is 17.5. The molecule has 8 heteroatoms. The van der Waals surface area contributed by atoms with E-state index in [0.717, 1.165) is 35.4 Å². The van der Waals surface area contributed by atoms with Gasteiger partial charge in [0.05, 0.1) is 30.1 Å². The molecule has 1 fully saturated rings. The summed E-state index contributed by atoms with van der Waals surface area (Å²) in [5, 5.41) is 0. The lowest BCUT2D eigenvalue weighted by molar-refractivity contribution is -0.0933. The van der Waals surface area contributed by atoms with Gasteiger partial charge in [0.2, 0.25) is 0 Å². The minimum Gasteiger partial charge on any atom is -0.370 e. The molecule has 5 nitrogen and oxygen atoms in total. The number of nitrogens with two attached hydrogens (primary N) is 1. The van der Waals surface area contributed by atoms with Crippen LogP contribution < -0.4 is 5.73 Å². The number of rotatable bonds is 2. The molecule has 2 aliphatic rings. The van der Waals surface area contributed by atoms with Gasteiger partial charge >= 0.3 is 0 Å². The zero-order chi connectivity index (χ0) is 18.6. The molecule has 1 saturated heterocycles. The standard InChI is InChI=1S/C18H21F3N4O/c1-9-23-13-6-25(7-14(13)24(9)2)15-8-26-18(17(22)16(15)21)11-5-10(19)3-4-12(11)20/h3-5,15-18H,6-8,22H2,1-2H3/t15?,16?,17?,18-/m1/s1. The Morgan fingerprint density at radius 3 is 2.77 bits per heavy atom. The van der Waals surface area contributed by atoms with Crippen LogP contribution in [0.15, 0.2) is 18.2 Å². The zero-order valence-electron chi connectivity index (χ0n) is 14.6. The van der Waals surface area contributed by atoms with Gasteiger partial charge < -0.3 is 15.0 Å². The van der Waals surface area contributed by atoms with Crippen LogP contribution in [0, 0.1) is 18.6 Å². The highest BCUT2D eigenvalue weighted by Gasteiger charge is 2.44. The van der Waals surface area contributed by atoms with E-state index >= 15 is 4.39 Å². The molecule has 0 spiro atoms. The summed E-state index contributed by atoms with van der Waals surface area (Å²) in [4.78, 5) is 6.44. The monoisotopic (exact) mass is 366 g/mol. The van der Waals surface area contributed by atoms with Gasteiger partial charge in [0.25, 0.3) is 0 Å². The molecule has 4 rings (SSSR count). The lowest BCUT2D eigenvalue weighted by Crippen LogP contribution is -2.57. The Bertz CT molecular complexity index is 840. The highest BCUT2D eigenvalue weighted by molar-refractivity contribution is 5.25. The first-order valence-electron chi connectivity index (χ1n) is 8.58. The molecule has 2 aliphatic heterocycles. The van der Waals surface area contributed by atoms with E-state index in [2.05, 4.69) is 4.98 Å². The lowest BCUT2D eigenvalue weighted by atomic mass is 9.91. The maximum Gasteiger partial charge on any atom is 0.136 e. The number of ether oxygens (including phenoxy) is 1. The third-order valence-corrected chi connectivity index (χ3v) is 5.49. The zero-order valence-corrected chi connectivity index (χ0v) is 14.6. The number of nitrogens with zero attached hydrogens (tertiary/aromatic N) is 3. The minimum atomic E-state index is -1.42. The van der Waals surface area contributed by atoms with Crippen molar-refractivity contribution in [2.24, 2.45) is 12.8 Å². The van der Waals surface area contributed by atoms with Gasteiger partial charge in [-0.25, -0.2) is 18.2 Å². The predicted octanol–water partition coefficient (Wildman–Crippen LogP) is 2.13. The van der Waals surface area contributed by atoms with E-state index in [1.165, 1.54) is 0 Å². The van der Waals surface area contributed by atoms with E-state index < -0.39 is 36.0 Å². The maximum absolute atomic E-state index is 15.1. The third kappa shape index (κ3) is 2.72. The van der Waals surface area contributed by atoms with Crippen molar-refractivity contribution in [3.8, 4) is 0 Å². The Morgan fingerprint density at radius 2 is 2.04 bits per heavy atom. The van der Waals surface area contributed by atoms with E-state index in [1.54, 1.807) is 0 Å². The normalized spacial score (nSPS) is 29.2. The fourth-order valence-corrected chi connectivity index (χ4v) is 3.89. The van der Waals surface area contributed by atoms with Crippen molar-refractivity contribution in [1.29, 1.82) is 0 Å². The summed E-state index contributed by atoms with van der Waals surface area (Å²) >= 11 is 0. The molecule has 3 unspecified atom stereocenters. The Kier molecular flexibility index (Phi) is 4.29. The average Bonchev–Trinajstić information content (AvgIpc) is 3.12. The van der Waals surface area contributed by atoms with Crippen LogP contribution in [0.25, 0.3) is 0 Å². The van der Waals surface area contributed by atoms with Crippen LogP contribution in [0.3, 0.4) is 0 Å². The van der Waals surface area contributed by atoms with Crippen LogP contribution in [-0.2, 0) is 24.9 Å². The molecule has 1 aromatic heterocycles. The number of aromatic nitrogens is 2. The number of hydrogen-bond donors (Lipinski definition) is 1. The number of hydrogen-bond acceptors (Lipinski definition) is 4. The summed E-state index contributed by atoms with van der Waals surface area (Å²) in [6.07, 6.45) is -2.44. The fraction of sp³-hybridized carbons (Fsp3) is 0.500. The van der Waals surface area contributed by atoms with Crippen molar-refractivity contribution in [3.05, 3.63) is 52.6 Å². The van der Waals surface area contributed by atoms with Gasteiger partial charge in [0.1, 0.15) is 29.7 Å². The molecule has 0 aliphatic carbocycles. The summed E-state index contributed by atoms with van der Waals surface area (Å²) in [5.41, 5.74) is 7.98. The number of aryl methyl sites for hydroxylation is 1. The molecule has 140 valence electrons. The van der Waals surface area contributed by atoms with Crippen molar-refractivity contribution in [3.63, 3.8) is 0 Å². The third-order valence-electron chi connectivity index (χ3n) is 5.49. The van der Waals surface area contributed by atoms with Crippen molar-refractivity contribution in [1.82, 2.24) is 14.5 Å². The van der Waals surface area contributed by atoms with E-state index in [4.69, 9.17) is 10.5 Å². The molecule has 0 saturated carbocycles. The first-order chi connectivity index (χ1) is 12.4. The second-order valence-corrected chi connectivity index (χ2v) is 7.03. The molecule has 1 aromatic carbocycles. The minimum absolute atomic E-state index is 0.0411. The molecule has 2 aromatic rings. The second kappa shape index (κ2) is 6.37. The topological polar surface area (TPSA) is 56.3 Å². The van der Waals surface area contributed by atoms with Crippen molar-refractivity contribution >= 4 is 0 Å². The smallest absolute Gasteiger partial charge is 0.136 e. The molecule has 4 atom stereocenters. The SMILES string of the molecule is Cc1nc2c(n1C)CN(C1CO[C@H](c3cc(F)ccc3F)C(N)C1F)C2. The van der Waals surface area contributed by atoms with E-state index in [0.29, 0.717) is 13.1 Å². The van der Waals surface area contributed by atoms with E-state index in [9.17, 15) is 8.78 Å². The van der Waals surface area contributed by atoms with Gasteiger partial charge in [-0.1, -0.05) is 0 Å². The molecule has 2 N–H and O–H groups in total. The van der Waals surface area contributed by atoms with Gasteiger partial charge in [0, 0.05) is 25.7 Å². The van der Waals surface area contributed by atoms with Gasteiger partial charge in [-0.3, -0.25) is 4.90 Å². The number of halogens is 3. The summed E-state index contributed by atoms with van der Waals surface area (Å²) in [7, 11) is 1.93. The molecule has 0 bridgehead atoms. The van der Waals surface area contributed by atoms with Gasteiger partial charge in [0.15, 0.2) is 0 Å². The fourth-order valence-electron chi connectivity index (χ4n) is 3.89. The van der Waals surface area contributed by atoms with E-state index in [1.807, 2.05) is 23.4 Å². The van der Waals surface area contributed by atoms with Crippen molar-refractivity contribution < 1.29 is 17.9 Å². The van der Waals surface area contributed by atoms with Crippen LogP contribution in [0.5, 0.6) is 0 Å². The van der Waals surface area contributed by atoms with Crippen LogP contribution >= 0.6 is 0 Å². The Hall–Kier alpha value is -1.90. The molecule has 26 heavy (non-hydrogen) atoms. The highest BCUT2D eigenvalue weighted by Crippen LogP contribution is 2.35. The quantitative estimate of drug-likeness (QED) is 0.885. The summed E-state index contributed by atoms with van der Waals surface area (Å²) in [6.45, 7) is 3.07. The highest BCUT2D eigenvalue weighted by atomic mass is 19.1. The molecular weight excluding hydrogens is 345 g/mol. The summed E-state index contributed by atoms with van der Waals surface area (Å²) in [5.74, 6) is -0.332. The average molecular weight is 366 g/mol. The second-order valence-electron chi connectivity index (χ2n) is 7.03. The molecular formula is C18H21F3N4O. The summed E-state index contributed by atoms with van der Waals surface area (Å²) in [6, 6.07) is 1.41. The molecule has 0 radical (unpaired) electrons. The van der Waals surface area contributed by atoms with E-state index in [-0.39, 0.29) is 12.2 Å². The van der Waals surface area contributed by atoms with Crippen LogP contribution in [0.2, 0.25) is 0 Å². The predicted molar refractivity (Wildman–Crippen MR) is 88.9 cm³/mol. The van der Waals surface area contributed by atoms with Gasteiger partial charge in [-0.15, -0.1) is 0 Å². The van der Waals surface area contributed by atoms with Gasteiger partial charge in [-0.2, -0.15) is 0 Å². The summed E-state index contributed by atoms with van der Waals surface area (Å²) < 4.78 is 50.3.